The maximum Gasteiger partial charge on any atom is 0.311 e. The first-order valence-electron chi connectivity index (χ1n) is 9.09. The molecule has 0 bridgehead atoms. The van der Waals surface area contributed by atoms with Crippen LogP contribution in [0.15, 0.2) is 88.1 Å². The van der Waals surface area contributed by atoms with Crippen molar-refractivity contribution in [1.82, 2.24) is 5.01 Å². The summed E-state index contributed by atoms with van der Waals surface area (Å²) in [4.78, 5) is 25.7. The van der Waals surface area contributed by atoms with Gasteiger partial charge in [-0.1, -0.05) is 60.7 Å². The number of carbonyl (C=O) groups excluding carboxylic acids is 2. The Kier molecular flexibility index (Phi) is 5.19. The molecule has 150 valence electrons. The number of nitrogens with two attached hydrogens (primary N) is 1. The van der Waals surface area contributed by atoms with E-state index in [1.165, 1.54) is 25.7 Å². The first-order chi connectivity index (χ1) is 14.6. The van der Waals surface area contributed by atoms with Crippen molar-refractivity contribution >= 4 is 11.8 Å². The minimum Gasteiger partial charge on any atom is -0.472 e. The van der Waals surface area contributed by atoms with Gasteiger partial charge in [0.05, 0.1) is 24.5 Å². The number of methoxy groups -OCH3 is 1. The molecule has 0 aliphatic rings. The van der Waals surface area contributed by atoms with Gasteiger partial charge in [-0.25, -0.2) is 10.9 Å². The zero-order valence-electron chi connectivity index (χ0n) is 16.1. The fourth-order valence-electron chi connectivity index (χ4n) is 3.18. The summed E-state index contributed by atoms with van der Waals surface area (Å²) in [6.07, 6.45) is 2.54. The third-order valence-corrected chi connectivity index (χ3v) is 4.59. The maximum absolute atomic E-state index is 13.2. The lowest BCUT2D eigenvalue weighted by Crippen LogP contribution is -2.42. The highest BCUT2D eigenvalue weighted by atomic mass is 16.6. The number of ether oxygens (including phenoxy) is 1. The predicted molar refractivity (Wildman–Crippen MR) is 110 cm³/mol. The van der Waals surface area contributed by atoms with Gasteiger partial charge in [0.1, 0.15) is 6.26 Å². The fourth-order valence-corrected chi connectivity index (χ4v) is 3.18. The molecule has 2 N–H and O–H groups in total. The average molecular weight is 402 g/mol. The molecule has 2 amide bonds. The summed E-state index contributed by atoms with van der Waals surface area (Å²) in [5, 5.41) is 0.504. The zero-order valence-corrected chi connectivity index (χ0v) is 16.1. The number of furan rings is 2. The molecule has 4 rings (SSSR count). The van der Waals surface area contributed by atoms with Gasteiger partial charge >= 0.3 is 5.91 Å². The summed E-state index contributed by atoms with van der Waals surface area (Å²) >= 11 is 0. The van der Waals surface area contributed by atoms with E-state index in [9.17, 15) is 9.59 Å². The summed E-state index contributed by atoms with van der Waals surface area (Å²) in [6, 6.07) is 20.0. The smallest absolute Gasteiger partial charge is 0.311 e. The Bertz CT molecular complexity index is 1170. The molecule has 0 aliphatic carbocycles. The molecule has 7 nitrogen and oxygen atoms in total. The van der Waals surface area contributed by atoms with Gasteiger partial charge in [-0.3, -0.25) is 9.59 Å². The molecule has 0 atom stereocenters. The lowest BCUT2D eigenvalue weighted by atomic mass is 9.96. The second kappa shape index (κ2) is 8.10. The molecule has 0 saturated carbocycles. The molecule has 2 aromatic heterocycles. The Balaban J connectivity index is 1.89. The molecule has 0 radical (unpaired) electrons. The first kappa shape index (κ1) is 19.2. The largest absolute Gasteiger partial charge is 0.472 e. The fraction of sp³-hybridized carbons (Fsp3) is 0.0435. The second-order valence-electron chi connectivity index (χ2n) is 6.40. The molecular weight excluding hydrogens is 384 g/mol. The van der Waals surface area contributed by atoms with Crippen LogP contribution in [0.1, 0.15) is 20.9 Å². The molecule has 0 fully saturated rings. The van der Waals surface area contributed by atoms with Gasteiger partial charge in [0, 0.05) is 5.56 Å². The van der Waals surface area contributed by atoms with E-state index in [-0.39, 0.29) is 17.3 Å². The van der Waals surface area contributed by atoms with Crippen LogP contribution < -0.4 is 10.6 Å². The molecular formula is C23H18N2O5. The van der Waals surface area contributed by atoms with Crippen molar-refractivity contribution < 1.29 is 23.2 Å². The van der Waals surface area contributed by atoms with E-state index in [0.717, 1.165) is 11.1 Å². The van der Waals surface area contributed by atoms with Gasteiger partial charge in [-0.05, 0) is 17.2 Å². The van der Waals surface area contributed by atoms with Crippen molar-refractivity contribution in [2.75, 3.05) is 7.11 Å². The highest BCUT2D eigenvalue weighted by molar-refractivity contribution is 6.12. The summed E-state index contributed by atoms with van der Waals surface area (Å²) in [6.45, 7) is 0. The highest BCUT2D eigenvalue weighted by Crippen LogP contribution is 2.44. The topological polar surface area (TPSA) is 98.9 Å². The lowest BCUT2D eigenvalue weighted by molar-refractivity contribution is 0.0592. The molecule has 2 aromatic carbocycles. The van der Waals surface area contributed by atoms with E-state index >= 15 is 0 Å². The van der Waals surface area contributed by atoms with Gasteiger partial charge < -0.3 is 13.6 Å². The number of nitrogens with zero attached hydrogens (tertiary/aromatic N) is 1. The molecule has 0 aliphatic heterocycles. The standard InChI is InChI=1S/C23H18N2O5/c1-28-23-19(16-10-6-3-7-11-16)18(15-8-4-2-5-9-15)20(30-23)22(27)25(24)21(26)17-12-13-29-14-17/h2-14H,24H2,1H3. The molecule has 4 aromatic rings. The number of carbonyl (C=O) groups is 2. The minimum atomic E-state index is -0.805. The molecule has 30 heavy (non-hydrogen) atoms. The average Bonchev–Trinajstić information content (AvgIpc) is 3.47. The Morgan fingerprint density at radius 1 is 0.867 bits per heavy atom. The van der Waals surface area contributed by atoms with Crippen molar-refractivity contribution in [3.8, 4) is 28.2 Å². The van der Waals surface area contributed by atoms with Crippen LogP contribution in [0, 0.1) is 0 Å². The normalized spacial score (nSPS) is 10.6. The Hall–Kier alpha value is -4.10. The Labute approximate surface area is 172 Å². The molecule has 0 saturated heterocycles. The van der Waals surface area contributed by atoms with Crippen LogP contribution in [0.5, 0.6) is 5.95 Å². The number of rotatable bonds is 5. The second-order valence-corrected chi connectivity index (χ2v) is 6.40. The molecule has 0 spiro atoms. The van der Waals surface area contributed by atoms with Crippen LogP contribution in [0.2, 0.25) is 0 Å². The van der Waals surface area contributed by atoms with E-state index in [1.807, 2.05) is 60.7 Å². The van der Waals surface area contributed by atoms with Crippen molar-refractivity contribution in [3.05, 3.63) is 90.6 Å². The van der Waals surface area contributed by atoms with Crippen molar-refractivity contribution in [2.45, 2.75) is 0 Å². The van der Waals surface area contributed by atoms with Crippen LogP contribution in [0.25, 0.3) is 22.3 Å². The van der Waals surface area contributed by atoms with Crippen molar-refractivity contribution in [1.29, 1.82) is 0 Å². The van der Waals surface area contributed by atoms with E-state index in [0.29, 0.717) is 16.1 Å². The van der Waals surface area contributed by atoms with Gasteiger partial charge in [0.15, 0.2) is 0 Å². The number of amides is 2. The van der Waals surface area contributed by atoms with E-state index in [2.05, 4.69) is 0 Å². The van der Waals surface area contributed by atoms with E-state index in [1.54, 1.807) is 0 Å². The first-order valence-corrected chi connectivity index (χ1v) is 9.09. The van der Waals surface area contributed by atoms with Crippen molar-refractivity contribution in [2.24, 2.45) is 5.84 Å². The van der Waals surface area contributed by atoms with Crippen LogP contribution >= 0.6 is 0 Å². The SMILES string of the molecule is COc1oc(C(=O)N(N)C(=O)c2ccoc2)c(-c2ccccc2)c1-c1ccccc1. The summed E-state index contributed by atoms with van der Waals surface area (Å²) in [7, 11) is 1.45. The van der Waals surface area contributed by atoms with Crippen LogP contribution in [-0.4, -0.2) is 23.9 Å². The third kappa shape index (κ3) is 3.38. The molecule has 7 heteroatoms. The summed E-state index contributed by atoms with van der Waals surface area (Å²) < 4.78 is 16.1. The number of hydrogen-bond donors (Lipinski definition) is 1. The van der Waals surface area contributed by atoms with E-state index in [4.69, 9.17) is 19.4 Å². The van der Waals surface area contributed by atoms with Gasteiger partial charge in [-0.2, -0.15) is 0 Å². The Morgan fingerprint density at radius 3 is 2.00 bits per heavy atom. The highest BCUT2D eigenvalue weighted by Gasteiger charge is 2.32. The quantitative estimate of drug-likeness (QED) is 0.230. The van der Waals surface area contributed by atoms with Crippen LogP contribution in [0.4, 0.5) is 0 Å². The molecule has 2 heterocycles. The summed E-state index contributed by atoms with van der Waals surface area (Å²) in [5.41, 5.74) is 2.74. The lowest BCUT2D eigenvalue weighted by Gasteiger charge is -2.13. The summed E-state index contributed by atoms with van der Waals surface area (Å²) in [5.74, 6) is 4.38. The van der Waals surface area contributed by atoms with Gasteiger partial charge in [0.25, 0.3) is 11.9 Å². The molecule has 0 unspecified atom stereocenters. The van der Waals surface area contributed by atoms with Crippen LogP contribution in [0.3, 0.4) is 0 Å². The van der Waals surface area contributed by atoms with Crippen molar-refractivity contribution in [3.63, 3.8) is 0 Å². The maximum atomic E-state index is 13.2. The zero-order chi connectivity index (χ0) is 21.1. The number of imide groups is 1. The third-order valence-electron chi connectivity index (χ3n) is 4.59. The number of benzene rings is 2. The number of hydrazine groups is 1. The van der Waals surface area contributed by atoms with Crippen LogP contribution in [-0.2, 0) is 0 Å². The minimum absolute atomic E-state index is 0.101. The predicted octanol–water partition coefficient (Wildman–Crippen LogP) is 4.37. The van der Waals surface area contributed by atoms with Gasteiger partial charge in [-0.15, -0.1) is 0 Å². The Morgan fingerprint density at radius 2 is 1.47 bits per heavy atom. The van der Waals surface area contributed by atoms with E-state index < -0.39 is 11.8 Å². The number of hydrogen-bond acceptors (Lipinski definition) is 6. The van der Waals surface area contributed by atoms with Gasteiger partial charge in [0.2, 0.25) is 5.76 Å². The monoisotopic (exact) mass is 402 g/mol.